The van der Waals surface area contributed by atoms with Gasteiger partial charge in [-0.2, -0.15) is 0 Å². The Balaban J connectivity index is 0.000000448. The fourth-order valence-electron chi connectivity index (χ4n) is 2.75. The Bertz CT molecular complexity index is 920. The van der Waals surface area contributed by atoms with Crippen LogP contribution in [0.3, 0.4) is 0 Å². The normalized spacial score (nSPS) is 10.2. The van der Waals surface area contributed by atoms with Crippen molar-refractivity contribution in [2.45, 2.75) is 41.5 Å². The maximum atomic E-state index is 5.98. The molecule has 1 nitrogen and oxygen atoms in total. The van der Waals surface area contributed by atoms with E-state index >= 15 is 0 Å². The summed E-state index contributed by atoms with van der Waals surface area (Å²) in [5.74, 6) is 0. The molecular weight excluding hydrogens is 280 g/mol. The number of fused-ring (bicyclic) bond motifs is 4. The number of hydrogen-bond donors (Lipinski definition) is 0. The number of aryl methyl sites for hydroxylation is 2. The van der Waals surface area contributed by atoms with E-state index in [1.54, 1.807) is 0 Å². The van der Waals surface area contributed by atoms with E-state index in [2.05, 4.69) is 62.4 Å². The minimum atomic E-state index is 0.971. The molecule has 0 N–H and O–H groups in total. The highest BCUT2D eigenvalue weighted by molar-refractivity contribution is 6.10. The number of furan rings is 1. The van der Waals surface area contributed by atoms with E-state index in [1.807, 2.05) is 27.7 Å². The highest BCUT2D eigenvalue weighted by atomic mass is 16.3. The van der Waals surface area contributed by atoms with Gasteiger partial charge in [-0.15, -0.1) is 0 Å². The van der Waals surface area contributed by atoms with Gasteiger partial charge in [-0.3, -0.25) is 0 Å². The number of hydrogen-bond acceptors (Lipinski definition) is 1. The molecule has 0 saturated carbocycles. The molecule has 0 amide bonds. The minimum absolute atomic E-state index is 0.971. The summed E-state index contributed by atoms with van der Waals surface area (Å²) in [6.45, 7) is 12.2. The Morgan fingerprint density at radius 2 is 1.17 bits per heavy atom. The zero-order valence-electron chi connectivity index (χ0n) is 15.0. The largest absolute Gasteiger partial charge is 0.456 e. The van der Waals surface area contributed by atoms with Crippen molar-refractivity contribution in [3.8, 4) is 0 Å². The van der Waals surface area contributed by atoms with Crippen LogP contribution in [0.25, 0.3) is 32.7 Å². The summed E-state index contributed by atoms with van der Waals surface area (Å²) in [6.07, 6.45) is 0. The van der Waals surface area contributed by atoms with Gasteiger partial charge in [-0.05, 0) is 48.4 Å². The lowest BCUT2D eigenvalue weighted by atomic mass is 10.0. The molecule has 0 bridgehead atoms. The Morgan fingerprint density at radius 1 is 0.565 bits per heavy atom. The van der Waals surface area contributed by atoms with Crippen molar-refractivity contribution in [2.24, 2.45) is 0 Å². The van der Waals surface area contributed by atoms with E-state index in [9.17, 15) is 0 Å². The first kappa shape index (κ1) is 17.1. The Kier molecular flexibility index (Phi) is 5.44. The zero-order valence-corrected chi connectivity index (χ0v) is 15.0. The van der Waals surface area contributed by atoms with Crippen LogP contribution in [-0.2, 0) is 0 Å². The van der Waals surface area contributed by atoms with Crippen molar-refractivity contribution < 1.29 is 4.42 Å². The molecule has 1 heterocycles. The second-order valence-corrected chi connectivity index (χ2v) is 5.30. The van der Waals surface area contributed by atoms with Gasteiger partial charge in [0, 0.05) is 10.8 Å². The highest BCUT2D eigenvalue weighted by Gasteiger charge is 2.08. The van der Waals surface area contributed by atoms with E-state index in [4.69, 9.17) is 4.42 Å². The topological polar surface area (TPSA) is 13.1 Å². The van der Waals surface area contributed by atoms with Crippen LogP contribution in [0.15, 0.2) is 52.9 Å². The van der Waals surface area contributed by atoms with E-state index in [0.717, 1.165) is 11.2 Å². The molecular formula is C22H26O. The van der Waals surface area contributed by atoms with Gasteiger partial charge in [0.2, 0.25) is 0 Å². The predicted molar refractivity (Wildman–Crippen MR) is 103 cm³/mol. The summed E-state index contributed by atoms with van der Waals surface area (Å²) in [4.78, 5) is 0. The van der Waals surface area contributed by atoms with Crippen LogP contribution >= 0.6 is 0 Å². The van der Waals surface area contributed by atoms with E-state index < -0.39 is 0 Å². The molecule has 4 aromatic rings. The fraction of sp³-hybridized carbons (Fsp3) is 0.273. The molecule has 1 heteroatoms. The van der Waals surface area contributed by atoms with Crippen LogP contribution in [0.1, 0.15) is 38.8 Å². The highest BCUT2D eigenvalue weighted by Crippen LogP contribution is 2.32. The smallest absolute Gasteiger partial charge is 0.136 e. The summed E-state index contributed by atoms with van der Waals surface area (Å²) in [6, 6.07) is 17.3. The lowest BCUT2D eigenvalue weighted by molar-refractivity contribution is 0.669. The molecule has 3 aromatic carbocycles. The van der Waals surface area contributed by atoms with Gasteiger partial charge in [-0.1, -0.05) is 63.6 Å². The van der Waals surface area contributed by atoms with Gasteiger partial charge in [0.05, 0.1) is 0 Å². The van der Waals surface area contributed by atoms with Crippen LogP contribution in [-0.4, -0.2) is 0 Å². The van der Waals surface area contributed by atoms with E-state index in [0.29, 0.717) is 0 Å². The van der Waals surface area contributed by atoms with Crippen molar-refractivity contribution >= 4 is 32.7 Å². The summed E-state index contributed by atoms with van der Waals surface area (Å²) in [7, 11) is 0. The molecule has 0 radical (unpaired) electrons. The average molecular weight is 306 g/mol. The van der Waals surface area contributed by atoms with Gasteiger partial charge in [0.15, 0.2) is 0 Å². The molecule has 0 spiro atoms. The molecule has 0 atom stereocenters. The lowest BCUT2D eigenvalue weighted by Crippen LogP contribution is -1.75. The monoisotopic (exact) mass is 306 g/mol. The van der Waals surface area contributed by atoms with Crippen LogP contribution in [0, 0.1) is 13.8 Å². The van der Waals surface area contributed by atoms with Crippen LogP contribution in [0.4, 0.5) is 0 Å². The molecule has 4 rings (SSSR count). The number of benzene rings is 3. The second-order valence-electron chi connectivity index (χ2n) is 5.30. The van der Waals surface area contributed by atoms with E-state index in [-0.39, 0.29) is 0 Å². The molecule has 23 heavy (non-hydrogen) atoms. The quantitative estimate of drug-likeness (QED) is 0.329. The Labute approximate surface area is 138 Å². The fourth-order valence-corrected chi connectivity index (χ4v) is 2.75. The third-order valence-electron chi connectivity index (χ3n) is 3.74. The van der Waals surface area contributed by atoms with Crippen molar-refractivity contribution in [3.63, 3.8) is 0 Å². The predicted octanol–water partition coefficient (Wildman–Crippen LogP) is 7.41. The number of rotatable bonds is 0. The molecule has 0 saturated heterocycles. The maximum Gasteiger partial charge on any atom is 0.136 e. The van der Waals surface area contributed by atoms with E-state index in [1.165, 1.54) is 32.7 Å². The first-order valence-electron chi connectivity index (χ1n) is 8.54. The van der Waals surface area contributed by atoms with Gasteiger partial charge >= 0.3 is 0 Å². The van der Waals surface area contributed by atoms with Gasteiger partial charge in [0.1, 0.15) is 11.2 Å². The van der Waals surface area contributed by atoms with Gasteiger partial charge in [0.25, 0.3) is 0 Å². The summed E-state index contributed by atoms with van der Waals surface area (Å²) < 4.78 is 5.98. The first-order valence-corrected chi connectivity index (χ1v) is 8.54. The lowest BCUT2D eigenvalue weighted by Gasteiger charge is -1.99. The van der Waals surface area contributed by atoms with Crippen LogP contribution in [0.5, 0.6) is 0 Å². The molecule has 0 aliphatic carbocycles. The van der Waals surface area contributed by atoms with Crippen molar-refractivity contribution in [1.82, 2.24) is 0 Å². The molecule has 0 aliphatic rings. The first-order chi connectivity index (χ1) is 11.2. The van der Waals surface area contributed by atoms with Crippen LogP contribution < -0.4 is 0 Å². The molecule has 0 fully saturated rings. The van der Waals surface area contributed by atoms with Crippen molar-refractivity contribution in [3.05, 3.63) is 59.7 Å². The second kappa shape index (κ2) is 7.32. The van der Waals surface area contributed by atoms with Gasteiger partial charge in [-0.25, -0.2) is 0 Å². The maximum absolute atomic E-state index is 5.98. The summed E-state index contributed by atoms with van der Waals surface area (Å²) >= 11 is 0. The van der Waals surface area contributed by atoms with Crippen molar-refractivity contribution in [2.75, 3.05) is 0 Å². The minimum Gasteiger partial charge on any atom is -0.456 e. The molecule has 0 unspecified atom stereocenters. The standard InChI is InChI=1S/C18H14O.2C2H6/c1-11-3-5-13-9-16-15-6-4-12(2)8-17(15)19-18(16)10-14(13)7-11;2*1-2/h3-10H,1-2H3;2*1-2H3. The van der Waals surface area contributed by atoms with Crippen molar-refractivity contribution in [1.29, 1.82) is 0 Å². The SMILES string of the molecule is CC.CC.Cc1ccc2cc3c(cc2c1)oc1cc(C)ccc13. The summed E-state index contributed by atoms with van der Waals surface area (Å²) in [5.41, 5.74) is 4.45. The third-order valence-corrected chi connectivity index (χ3v) is 3.74. The molecule has 1 aromatic heterocycles. The molecule has 0 aliphatic heterocycles. The van der Waals surface area contributed by atoms with Crippen LogP contribution in [0.2, 0.25) is 0 Å². The average Bonchev–Trinajstić information content (AvgIpc) is 2.92. The zero-order chi connectivity index (χ0) is 17.0. The molecule has 120 valence electrons. The summed E-state index contributed by atoms with van der Waals surface area (Å²) in [5, 5.41) is 4.90. The Morgan fingerprint density at radius 3 is 1.91 bits per heavy atom. The third kappa shape index (κ3) is 3.24. The van der Waals surface area contributed by atoms with Gasteiger partial charge < -0.3 is 4.42 Å². The Hall–Kier alpha value is -2.28.